The second-order valence-corrected chi connectivity index (χ2v) is 10.8. The average molecular weight is 542 g/mol. The molecule has 6 heteroatoms. The number of hydrogen-bond donors (Lipinski definition) is 2. The smallest absolute Gasteiger partial charge is 0.454 e. The third-order valence-corrected chi connectivity index (χ3v) is 8.54. The minimum Gasteiger partial charge on any atom is -0.454 e. The second kappa shape index (κ2) is 8.60. The highest BCUT2D eigenvalue weighted by Crippen LogP contribution is 2.43. The van der Waals surface area contributed by atoms with Crippen molar-refractivity contribution in [1.29, 1.82) is 0 Å². The van der Waals surface area contributed by atoms with Gasteiger partial charge in [-0.2, -0.15) is 0 Å². The predicted octanol–water partition coefficient (Wildman–Crippen LogP) is 7.46. The van der Waals surface area contributed by atoms with Crippen LogP contribution in [0.4, 0.5) is 0 Å². The Hall–Kier alpha value is -5.30. The maximum atomic E-state index is 10.1. The van der Waals surface area contributed by atoms with Crippen molar-refractivity contribution < 1.29 is 14.5 Å². The Balaban J connectivity index is 1.53. The van der Waals surface area contributed by atoms with Crippen LogP contribution >= 0.6 is 0 Å². The summed E-state index contributed by atoms with van der Waals surface area (Å²) in [5, 5.41) is 26.6. The molecule has 3 aromatic heterocycles. The first-order valence-electron chi connectivity index (χ1n) is 14.0. The van der Waals surface area contributed by atoms with E-state index in [0.29, 0.717) is 16.6 Å². The number of rotatable bonds is 3. The summed E-state index contributed by atoms with van der Waals surface area (Å²) in [6.45, 7) is 0. The van der Waals surface area contributed by atoms with Gasteiger partial charge in [-0.25, -0.2) is 0 Å². The van der Waals surface area contributed by atoms with Crippen LogP contribution in [0.25, 0.3) is 76.9 Å². The molecule has 0 bridgehead atoms. The van der Waals surface area contributed by atoms with Gasteiger partial charge in [0.15, 0.2) is 5.58 Å². The molecule has 9 rings (SSSR count). The zero-order valence-corrected chi connectivity index (χ0v) is 22.4. The van der Waals surface area contributed by atoms with Crippen molar-refractivity contribution in [2.45, 2.75) is 0 Å². The molecule has 0 aliphatic rings. The van der Waals surface area contributed by atoms with E-state index in [-0.39, 0.29) is 0 Å². The Morgan fingerprint density at radius 2 is 1.00 bits per heavy atom. The third-order valence-electron chi connectivity index (χ3n) is 8.54. The Bertz CT molecular complexity index is 2500. The van der Waals surface area contributed by atoms with E-state index in [1.807, 2.05) is 30.3 Å². The summed E-state index contributed by atoms with van der Waals surface area (Å²) >= 11 is 0. The van der Waals surface area contributed by atoms with Crippen LogP contribution in [0.2, 0.25) is 0 Å². The normalized spacial score (nSPS) is 12.0. The van der Waals surface area contributed by atoms with Crippen LogP contribution in [0, 0.1) is 0 Å². The fraction of sp³-hybridized carbons (Fsp3) is 0. The number of furan rings is 1. The first-order chi connectivity index (χ1) is 20.7. The van der Waals surface area contributed by atoms with Gasteiger partial charge < -0.3 is 23.6 Å². The van der Waals surface area contributed by atoms with E-state index in [9.17, 15) is 10.0 Å². The van der Waals surface area contributed by atoms with Crippen LogP contribution in [0.5, 0.6) is 0 Å². The Morgan fingerprint density at radius 3 is 1.69 bits per heavy atom. The number of hydrogen-bond acceptors (Lipinski definition) is 3. The topological polar surface area (TPSA) is 63.5 Å². The molecule has 0 atom stereocenters. The van der Waals surface area contributed by atoms with Crippen molar-refractivity contribution in [2.75, 3.05) is 0 Å². The first kappa shape index (κ1) is 23.4. The molecule has 42 heavy (non-hydrogen) atoms. The van der Waals surface area contributed by atoms with Gasteiger partial charge in [0.1, 0.15) is 5.58 Å². The molecule has 198 valence electrons. The van der Waals surface area contributed by atoms with E-state index in [2.05, 4.69) is 100 Å². The van der Waals surface area contributed by atoms with Crippen LogP contribution in [0.3, 0.4) is 0 Å². The SMILES string of the molecule is OB(O)c1cccc2c1oc1c(-n3c4ccccc4c4ccc5c6ccccc6n(-c6ccccc6)c5c43)cccc12. The van der Waals surface area contributed by atoms with E-state index >= 15 is 0 Å². The van der Waals surface area contributed by atoms with Crippen LogP contribution < -0.4 is 5.46 Å². The van der Waals surface area contributed by atoms with Gasteiger partial charge in [0.05, 0.1) is 27.8 Å². The number of fused-ring (bicyclic) bond motifs is 10. The maximum absolute atomic E-state index is 10.1. The summed E-state index contributed by atoms with van der Waals surface area (Å²) < 4.78 is 11.2. The minimum atomic E-state index is -1.63. The van der Waals surface area contributed by atoms with E-state index < -0.39 is 7.12 Å². The molecule has 0 spiro atoms. The highest BCUT2D eigenvalue weighted by molar-refractivity contribution is 6.61. The summed E-state index contributed by atoms with van der Waals surface area (Å²) in [6, 6.07) is 43.7. The van der Waals surface area contributed by atoms with Crippen molar-refractivity contribution >= 4 is 78.1 Å². The molecule has 3 heterocycles. The molecule has 0 amide bonds. The Kier molecular flexibility index (Phi) is 4.80. The van der Waals surface area contributed by atoms with Crippen molar-refractivity contribution in [3.05, 3.63) is 127 Å². The van der Waals surface area contributed by atoms with Crippen LogP contribution in [-0.4, -0.2) is 26.3 Å². The highest BCUT2D eigenvalue weighted by Gasteiger charge is 2.24. The molecule has 0 saturated carbocycles. The third kappa shape index (κ3) is 3.05. The largest absolute Gasteiger partial charge is 0.492 e. The molecule has 0 aliphatic carbocycles. The number of para-hydroxylation sites is 5. The lowest BCUT2D eigenvalue weighted by molar-refractivity contribution is 0.425. The Morgan fingerprint density at radius 1 is 0.452 bits per heavy atom. The zero-order chi connectivity index (χ0) is 27.9. The second-order valence-electron chi connectivity index (χ2n) is 10.8. The van der Waals surface area contributed by atoms with Crippen LogP contribution in [0.1, 0.15) is 0 Å². The summed E-state index contributed by atoms with van der Waals surface area (Å²) in [5.41, 5.74) is 7.94. The van der Waals surface area contributed by atoms with Crippen molar-refractivity contribution in [3.8, 4) is 11.4 Å². The molecule has 6 aromatic carbocycles. The van der Waals surface area contributed by atoms with Gasteiger partial charge in [0.2, 0.25) is 0 Å². The quantitative estimate of drug-likeness (QED) is 0.228. The molecule has 0 fully saturated rings. The molecular weight excluding hydrogens is 519 g/mol. The predicted molar refractivity (Wildman–Crippen MR) is 172 cm³/mol. The lowest BCUT2D eigenvalue weighted by atomic mass is 9.79. The molecule has 5 nitrogen and oxygen atoms in total. The standard InChI is InChI=1S/C36H23BN2O3/c40-37(41)29-16-8-14-27-28-15-9-19-32(36(28)42-35(27)29)39-31-18-7-5-13-24(31)26-21-20-25-23-12-4-6-17-30(23)38(33(25)34(26)39)22-10-2-1-3-11-22/h1-21,40-41H. The Labute approximate surface area is 240 Å². The molecule has 0 aliphatic heterocycles. The molecule has 0 unspecified atom stereocenters. The van der Waals surface area contributed by atoms with Gasteiger partial charge in [-0.3, -0.25) is 0 Å². The van der Waals surface area contributed by atoms with Crippen molar-refractivity contribution in [2.24, 2.45) is 0 Å². The van der Waals surface area contributed by atoms with E-state index in [4.69, 9.17) is 4.42 Å². The fourth-order valence-corrected chi connectivity index (χ4v) is 6.80. The van der Waals surface area contributed by atoms with E-state index in [1.165, 1.54) is 10.8 Å². The summed E-state index contributed by atoms with van der Waals surface area (Å²) in [6.07, 6.45) is 0. The van der Waals surface area contributed by atoms with Gasteiger partial charge >= 0.3 is 7.12 Å². The van der Waals surface area contributed by atoms with E-state index in [1.54, 1.807) is 6.07 Å². The van der Waals surface area contributed by atoms with Gasteiger partial charge in [-0.05, 0) is 30.3 Å². The fourth-order valence-electron chi connectivity index (χ4n) is 6.80. The first-order valence-corrected chi connectivity index (χ1v) is 14.0. The van der Waals surface area contributed by atoms with Crippen molar-refractivity contribution in [1.82, 2.24) is 9.13 Å². The number of nitrogens with zero attached hydrogens (tertiary/aromatic N) is 2. The molecule has 9 aromatic rings. The molecule has 0 saturated heterocycles. The molecular formula is C36H23BN2O3. The molecule has 0 radical (unpaired) electrons. The van der Waals surface area contributed by atoms with Gasteiger partial charge in [-0.1, -0.05) is 97.1 Å². The van der Waals surface area contributed by atoms with E-state index in [0.717, 1.165) is 55.0 Å². The average Bonchev–Trinajstić information content (AvgIpc) is 3.69. The van der Waals surface area contributed by atoms with Gasteiger partial charge in [0.25, 0.3) is 0 Å². The molecule has 2 N–H and O–H groups in total. The lowest BCUT2D eigenvalue weighted by Crippen LogP contribution is -2.29. The van der Waals surface area contributed by atoms with Gasteiger partial charge in [-0.15, -0.1) is 0 Å². The number of aromatic nitrogens is 2. The minimum absolute atomic E-state index is 0.350. The highest BCUT2D eigenvalue weighted by atomic mass is 16.4. The maximum Gasteiger partial charge on any atom is 0.492 e. The zero-order valence-electron chi connectivity index (χ0n) is 22.4. The monoisotopic (exact) mass is 542 g/mol. The lowest BCUT2D eigenvalue weighted by Gasteiger charge is -2.12. The van der Waals surface area contributed by atoms with Gasteiger partial charge in [0, 0.05) is 43.5 Å². The summed E-state index contributed by atoms with van der Waals surface area (Å²) in [4.78, 5) is 0. The van der Waals surface area contributed by atoms with Crippen LogP contribution in [0.15, 0.2) is 132 Å². The van der Waals surface area contributed by atoms with Crippen LogP contribution in [-0.2, 0) is 0 Å². The number of benzene rings is 6. The summed E-state index contributed by atoms with van der Waals surface area (Å²) in [5.74, 6) is 0. The van der Waals surface area contributed by atoms with Crippen molar-refractivity contribution in [3.63, 3.8) is 0 Å². The summed E-state index contributed by atoms with van der Waals surface area (Å²) in [7, 11) is -1.63.